The summed E-state index contributed by atoms with van der Waals surface area (Å²) >= 11 is 0. The quantitative estimate of drug-likeness (QED) is 0.744. The van der Waals surface area contributed by atoms with Gasteiger partial charge < -0.3 is 19.0 Å². The van der Waals surface area contributed by atoms with Gasteiger partial charge in [0.05, 0.1) is 11.9 Å². The second-order valence-electron chi connectivity index (χ2n) is 6.48. The molecule has 2 aliphatic rings. The van der Waals surface area contributed by atoms with Gasteiger partial charge in [-0.05, 0) is 24.6 Å². The number of oxazole rings is 1. The first-order chi connectivity index (χ1) is 13.7. The molecule has 1 aliphatic carbocycles. The van der Waals surface area contributed by atoms with Crippen LogP contribution < -0.4 is 4.74 Å². The molecule has 3 heterocycles. The molecule has 1 saturated heterocycles. The highest BCUT2D eigenvalue weighted by Crippen LogP contribution is 2.19. The number of rotatable bonds is 2. The molecular formula is C20H20N4O4. The lowest BCUT2D eigenvalue weighted by Gasteiger charge is -2.33. The highest BCUT2D eigenvalue weighted by atomic mass is 16.6. The van der Waals surface area contributed by atoms with E-state index >= 15 is 0 Å². The van der Waals surface area contributed by atoms with Crippen molar-refractivity contribution in [3.05, 3.63) is 60.1 Å². The molecule has 2 aromatic rings. The van der Waals surface area contributed by atoms with Gasteiger partial charge in [-0.3, -0.25) is 9.78 Å². The zero-order valence-electron chi connectivity index (χ0n) is 15.3. The SMILES string of the molecule is O=C(Oc1cccnc1)N1CCN(C(=O)c2nc3c(o2)C=CC/C=C\C3)CC1. The van der Waals surface area contributed by atoms with E-state index in [0.29, 0.717) is 44.1 Å². The second-order valence-corrected chi connectivity index (χ2v) is 6.48. The van der Waals surface area contributed by atoms with Gasteiger partial charge in [0.25, 0.3) is 5.89 Å². The summed E-state index contributed by atoms with van der Waals surface area (Å²) in [5.74, 6) is 0.859. The predicted molar refractivity (Wildman–Crippen MR) is 101 cm³/mol. The van der Waals surface area contributed by atoms with Crippen molar-refractivity contribution in [2.24, 2.45) is 0 Å². The number of fused-ring (bicyclic) bond motifs is 1. The molecule has 2 aromatic heterocycles. The molecule has 0 unspecified atom stereocenters. The van der Waals surface area contributed by atoms with Crippen LogP contribution in [0.4, 0.5) is 4.79 Å². The normalized spacial score (nSPS) is 17.4. The number of nitrogens with zero attached hydrogens (tertiary/aromatic N) is 4. The molecule has 4 rings (SSSR count). The summed E-state index contributed by atoms with van der Waals surface area (Å²) in [5, 5.41) is 0. The first kappa shape index (κ1) is 18.0. The maximum absolute atomic E-state index is 12.7. The van der Waals surface area contributed by atoms with E-state index in [0.717, 1.165) is 12.1 Å². The topological polar surface area (TPSA) is 88.8 Å². The van der Waals surface area contributed by atoms with E-state index in [2.05, 4.69) is 16.0 Å². The summed E-state index contributed by atoms with van der Waals surface area (Å²) in [6.45, 7) is 1.55. The zero-order valence-corrected chi connectivity index (χ0v) is 15.3. The summed E-state index contributed by atoms with van der Waals surface area (Å²) < 4.78 is 11.0. The van der Waals surface area contributed by atoms with Gasteiger partial charge >= 0.3 is 12.0 Å². The average molecular weight is 380 g/mol. The van der Waals surface area contributed by atoms with E-state index in [1.807, 2.05) is 18.2 Å². The van der Waals surface area contributed by atoms with Crippen LogP contribution in [0.25, 0.3) is 6.08 Å². The number of carbonyl (C=O) groups is 2. The van der Waals surface area contributed by atoms with E-state index < -0.39 is 6.09 Å². The molecule has 144 valence electrons. The van der Waals surface area contributed by atoms with Crippen LogP contribution in [0, 0.1) is 0 Å². The summed E-state index contributed by atoms with van der Waals surface area (Å²) in [7, 11) is 0. The number of pyridine rings is 1. The van der Waals surface area contributed by atoms with Crippen LogP contribution >= 0.6 is 0 Å². The molecule has 0 spiro atoms. The maximum atomic E-state index is 12.7. The van der Waals surface area contributed by atoms with Crippen molar-refractivity contribution in [1.82, 2.24) is 19.8 Å². The van der Waals surface area contributed by atoms with Crippen molar-refractivity contribution in [1.29, 1.82) is 0 Å². The number of allylic oxidation sites excluding steroid dienone is 3. The molecule has 0 aromatic carbocycles. The van der Waals surface area contributed by atoms with Gasteiger partial charge in [0.1, 0.15) is 0 Å². The molecular weight excluding hydrogens is 360 g/mol. The van der Waals surface area contributed by atoms with E-state index in [-0.39, 0.29) is 11.8 Å². The number of carbonyl (C=O) groups excluding carboxylic acids is 2. The molecule has 0 bridgehead atoms. The molecule has 1 aliphatic heterocycles. The van der Waals surface area contributed by atoms with Gasteiger partial charge in [-0.15, -0.1) is 0 Å². The van der Waals surface area contributed by atoms with Gasteiger partial charge in [-0.25, -0.2) is 9.78 Å². The average Bonchev–Trinajstić information content (AvgIpc) is 3.10. The lowest BCUT2D eigenvalue weighted by Crippen LogP contribution is -2.51. The Balaban J connectivity index is 1.36. The van der Waals surface area contributed by atoms with E-state index in [1.165, 1.54) is 6.20 Å². The lowest BCUT2D eigenvalue weighted by molar-refractivity contribution is 0.0596. The van der Waals surface area contributed by atoms with Crippen molar-refractivity contribution >= 4 is 18.1 Å². The Kier molecular flexibility index (Phi) is 5.18. The van der Waals surface area contributed by atoms with Crippen molar-refractivity contribution in [2.45, 2.75) is 12.8 Å². The number of piperazine rings is 1. The van der Waals surface area contributed by atoms with Gasteiger partial charge in [-0.1, -0.05) is 18.2 Å². The summed E-state index contributed by atoms with van der Waals surface area (Å²) in [4.78, 5) is 36.5. The zero-order chi connectivity index (χ0) is 19.3. The minimum atomic E-state index is -0.448. The highest BCUT2D eigenvalue weighted by Gasteiger charge is 2.29. The molecule has 1 fully saturated rings. The van der Waals surface area contributed by atoms with E-state index in [9.17, 15) is 9.59 Å². The first-order valence-corrected chi connectivity index (χ1v) is 9.18. The van der Waals surface area contributed by atoms with Crippen molar-refractivity contribution < 1.29 is 18.7 Å². The third kappa shape index (κ3) is 3.95. The van der Waals surface area contributed by atoms with Crippen LogP contribution in [0.15, 0.2) is 47.2 Å². The fourth-order valence-corrected chi connectivity index (χ4v) is 3.08. The van der Waals surface area contributed by atoms with Crippen LogP contribution in [0.1, 0.15) is 28.6 Å². The van der Waals surface area contributed by atoms with Gasteiger partial charge in [0.15, 0.2) is 11.5 Å². The number of aromatic nitrogens is 2. The summed E-state index contributed by atoms with van der Waals surface area (Å²) in [6.07, 6.45) is 12.0. The molecule has 8 nitrogen and oxygen atoms in total. The molecule has 8 heteroatoms. The Hall–Kier alpha value is -3.42. The third-order valence-electron chi connectivity index (χ3n) is 4.59. The maximum Gasteiger partial charge on any atom is 0.415 e. The van der Waals surface area contributed by atoms with Crippen LogP contribution in [0.3, 0.4) is 0 Å². The Morgan fingerprint density at radius 3 is 2.68 bits per heavy atom. The monoisotopic (exact) mass is 380 g/mol. The van der Waals surface area contributed by atoms with Gasteiger partial charge in [0, 0.05) is 38.8 Å². The molecule has 0 atom stereocenters. The Morgan fingerprint density at radius 2 is 1.89 bits per heavy atom. The standard InChI is InChI=1S/C20H20N4O4/c25-19(18-22-16-7-3-1-2-4-8-17(16)28-18)23-10-12-24(13-11-23)20(26)27-15-6-5-9-21-14-15/h1,3-6,8-9,14H,2,7,10-13H2/b3-1-,8-4?. The Bertz CT molecular complexity index is 912. The van der Waals surface area contributed by atoms with Crippen molar-refractivity contribution in [3.8, 4) is 5.75 Å². The fraction of sp³-hybridized carbons (Fsp3) is 0.300. The number of ether oxygens (including phenoxy) is 1. The number of hydrogen-bond donors (Lipinski definition) is 0. The van der Waals surface area contributed by atoms with Crippen molar-refractivity contribution in [2.75, 3.05) is 26.2 Å². The first-order valence-electron chi connectivity index (χ1n) is 9.18. The molecule has 0 N–H and O–H groups in total. The van der Waals surface area contributed by atoms with Crippen molar-refractivity contribution in [3.63, 3.8) is 0 Å². The van der Waals surface area contributed by atoms with Crippen LogP contribution in [-0.4, -0.2) is 57.9 Å². The van der Waals surface area contributed by atoms with Gasteiger partial charge in [0.2, 0.25) is 0 Å². The van der Waals surface area contributed by atoms with Crippen LogP contribution in [0.5, 0.6) is 5.75 Å². The number of amides is 2. The second kappa shape index (κ2) is 8.08. The van der Waals surface area contributed by atoms with Crippen LogP contribution in [0.2, 0.25) is 0 Å². The lowest BCUT2D eigenvalue weighted by atomic mass is 10.2. The minimum Gasteiger partial charge on any atom is -0.433 e. The van der Waals surface area contributed by atoms with Gasteiger partial charge in [-0.2, -0.15) is 0 Å². The Morgan fingerprint density at radius 1 is 1.07 bits per heavy atom. The number of hydrogen-bond acceptors (Lipinski definition) is 6. The highest BCUT2D eigenvalue weighted by molar-refractivity contribution is 5.90. The Labute approximate surface area is 162 Å². The molecule has 2 amide bonds. The fourth-order valence-electron chi connectivity index (χ4n) is 3.08. The van der Waals surface area contributed by atoms with E-state index in [1.54, 1.807) is 28.1 Å². The predicted octanol–water partition coefficient (Wildman–Crippen LogP) is 2.54. The van der Waals surface area contributed by atoms with E-state index in [4.69, 9.17) is 9.15 Å². The largest absolute Gasteiger partial charge is 0.433 e. The molecule has 0 saturated carbocycles. The summed E-state index contributed by atoms with van der Waals surface area (Å²) in [6, 6.07) is 3.37. The summed E-state index contributed by atoms with van der Waals surface area (Å²) in [5.41, 5.74) is 0.759. The molecule has 0 radical (unpaired) electrons. The van der Waals surface area contributed by atoms with Crippen LogP contribution in [-0.2, 0) is 6.42 Å². The third-order valence-corrected chi connectivity index (χ3v) is 4.59. The molecule has 28 heavy (non-hydrogen) atoms. The minimum absolute atomic E-state index is 0.0938. The smallest absolute Gasteiger partial charge is 0.415 e.